The fraction of sp³-hybridized carbons (Fsp3) is 0.0217. The second-order valence-electron chi connectivity index (χ2n) is 12.9. The zero-order valence-electron chi connectivity index (χ0n) is 27.3. The largest absolute Gasteiger partial charge is 0.455 e. The summed E-state index contributed by atoms with van der Waals surface area (Å²) in [7, 11) is 0. The highest BCUT2D eigenvalue weighted by Crippen LogP contribution is 2.42. The average molecular weight is 640 g/mol. The molecule has 50 heavy (non-hydrogen) atoms. The monoisotopic (exact) mass is 639 g/mol. The van der Waals surface area contributed by atoms with Crippen molar-refractivity contribution in [2.75, 3.05) is 0 Å². The van der Waals surface area contributed by atoms with Crippen LogP contribution in [0.25, 0.3) is 99.5 Å². The van der Waals surface area contributed by atoms with Crippen molar-refractivity contribution in [2.45, 2.75) is 6.92 Å². The van der Waals surface area contributed by atoms with Crippen LogP contribution in [0.2, 0.25) is 0 Å². The summed E-state index contributed by atoms with van der Waals surface area (Å²) in [5, 5.41) is 9.10. The third-order valence-corrected chi connectivity index (χ3v) is 9.84. The Kier molecular flexibility index (Phi) is 6.36. The summed E-state index contributed by atoms with van der Waals surface area (Å²) >= 11 is 0. The molecule has 8 aromatic carbocycles. The van der Waals surface area contributed by atoms with Crippen molar-refractivity contribution in [1.82, 2.24) is 15.0 Å². The van der Waals surface area contributed by atoms with Gasteiger partial charge in [-0.3, -0.25) is 0 Å². The first-order valence-corrected chi connectivity index (χ1v) is 16.9. The fourth-order valence-corrected chi connectivity index (χ4v) is 7.35. The molecule has 0 bridgehead atoms. The lowest BCUT2D eigenvalue weighted by molar-refractivity contribution is 0.670. The summed E-state index contributed by atoms with van der Waals surface area (Å²) in [6, 6.07) is 55.0. The van der Waals surface area contributed by atoms with E-state index in [1.54, 1.807) is 0 Å². The lowest BCUT2D eigenvalue weighted by Crippen LogP contribution is -2.01. The molecular weight excluding hydrogens is 611 g/mol. The summed E-state index contributed by atoms with van der Waals surface area (Å²) in [5.41, 5.74) is 8.00. The van der Waals surface area contributed by atoms with Gasteiger partial charge in [-0.05, 0) is 74.6 Å². The van der Waals surface area contributed by atoms with Gasteiger partial charge in [0.15, 0.2) is 17.5 Å². The maximum atomic E-state index is 6.54. The molecule has 0 amide bonds. The first-order chi connectivity index (χ1) is 24.7. The minimum absolute atomic E-state index is 0.631. The highest BCUT2D eigenvalue weighted by molar-refractivity contribution is 6.14. The van der Waals surface area contributed by atoms with Gasteiger partial charge in [-0.2, -0.15) is 0 Å². The highest BCUT2D eigenvalue weighted by atomic mass is 16.3. The minimum Gasteiger partial charge on any atom is -0.455 e. The molecule has 2 heterocycles. The molecule has 10 aromatic rings. The number of rotatable bonds is 4. The smallest absolute Gasteiger partial charge is 0.164 e. The molecule has 0 aliphatic carbocycles. The maximum Gasteiger partial charge on any atom is 0.164 e. The van der Waals surface area contributed by atoms with Gasteiger partial charge in [-0.15, -0.1) is 0 Å². The predicted octanol–water partition coefficient (Wildman–Crippen LogP) is 12.2. The van der Waals surface area contributed by atoms with Crippen LogP contribution in [0.5, 0.6) is 0 Å². The number of furan rings is 1. The number of aromatic nitrogens is 3. The van der Waals surface area contributed by atoms with Crippen molar-refractivity contribution >= 4 is 54.3 Å². The van der Waals surface area contributed by atoms with Gasteiger partial charge in [0.25, 0.3) is 0 Å². The van der Waals surface area contributed by atoms with Gasteiger partial charge in [-0.25, -0.2) is 15.0 Å². The summed E-state index contributed by atoms with van der Waals surface area (Å²) in [6.07, 6.45) is 0. The van der Waals surface area contributed by atoms with E-state index < -0.39 is 0 Å². The van der Waals surface area contributed by atoms with E-state index in [1.165, 1.54) is 16.3 Å². The van der Waals surface area contributed by atoms with E-state index in [-0.39, 0.29) is 0 Å². The van der Waals surface area contributed by atoms with Gasteiger partial charge in [0.2, 0.25) is 0 Å². The quantitative estimate of drug-likeness (QED) is 0.192. The standard InChI is InChI=1S/C46H29N3O/c1-28-18-23-38(43-42(28)40-16-8-9-17-41(40)50-43)37-24-25-39(36-15-7-6-14-35(36)37)46-48-44(33-21-19-29-10-2-4-12-31(29)26-33)47-45(49-46)34-22-20-30-11-3-5-13-32(30)27-34/h2-27H,1H3. The molecule has 0 spiro atoms. The minimum atomic E-state index is 0.631. The first kappa shape index (κ1) is 28.4. The van der Waals surface area contributed by atoms with Crippen molar-refractivity contribution in [3.05, 3.63) is 163 Å². The number of nitrogens with zero attached hydrogens (tertiary/aromatic N) is 3. The molecule has 0 saturated heterocycles. The Hall–Kier alpha value is -6.65. The molecule has 0 saturated carbocycles. The second-order valence-corrected chi connectivity index (χ2v) is 12.9. The van der Waals surface area contributed by atoms with E-state index in [0.717, 1.165) is 71.3 Å². The molecule has 0 radical (unpaired) electrons. The van der Waals surface area contributed by atoms with E-state index >= 15 is 0 Å². The number of aryl methyl sites for hydroxylation is 1. The van der Waals surface area contributed by atoms with Crippen molar-refractivity contribution in [3.63, 3.8) is 0 Å². The van der Waals surface area contributed by atoms with Crippen LogP contribution in [0.3, 0.4) is 0 Å². The molecule has 4 heteroatoms. The van der Waals surface area contributed by atoms with Crippen LogP contribution >= 0.6 is 0 Å². The zero-order valence-corrected chi connectivity index (χ0v) is 27.3. The van der Waals surface area contributed by atoms with Gasteiger partial charge in [0, 0.05) is 33.0 Å². The molecule has 0 fully saturated rings. The first-order valence-electron chi connectivity index (χ1n) is 16.9. The van der Waals surface area contributed by atoms with Crippen LogP contribution in [0.1, 0.15) is 5.56 Å². The second kappa shape index (κ2) is 11.2. The molecule has 0 unspecified atom stereocenters. The molecule has 234 valence electrons. The Morgan fingerprint density at radius 3 is 1.56 bits per heavy atom. The third kappa shape index (κ3) is 4.57. The SMILES string of the molecule is Cc1ccc(-c2ccc(-c3nc(-c4ccc5ccccc5c4)nc(-c4ccc5ccccc5c4)n3)c3ccccc23)c2oc3ccccc3c12. The summed E-state index contributed by atoms with van der Waals surface area (Å²) in [6.45, 7) is 2.15. The number of hydrogen-bond acceptors (Lipinski definition) is 4. The Labute approximate surface area is 288 Å². The summed E-state index contributed by atoms with van der Waals surface area (Å²) in [5.74, 6) is 1.91. The van der Waals surface area contributed by atoms with Crippen molar-refractivity contribution in [1.29, 1.82) is 0 Å². The normalized spacial score (nSPS) is 11.7. The predicted molar refractivity (Wildman–Crippen MR) is 206 cm³/mol. The Morgan fingerprint density at radius 1 is 0.400 bits per heavy atom. The maximum absolute atomic E-state index is 6.54. The molecule has 4 nitrogen and oxygen atoms in total. The number of benzene rings is 8. The van der Waals surface area contributed by atoms with Crippen LogP contribution in [0.4, 0.5) is 0 Å². The van der Waals surface area contributed by atoms with Crippen LogP contribution in [-0.2, 0) is 0 Å². The van der Waals surface area contributed by atoms with Crippen molar-refractivity contribution < 1.29 is 4.42 Å². The average Bonchev–Trinajstić information content (AvgIpc) is 3.58. The molecule has 0 aliphatic rings. The van der Waals surface area contributed by atoms with Crippen LogP contribution in [-0.4, -0.2) is 15.0 Å². The topological polar surface area (TPSA) is 51.8 Å². The van der Waals surface area contributed by atoms with E-state index in [2.05, 4.69) is 153 Å². The van der Waals surface area contributed by atoms with Crippen molar-refractivity contribution in [3.8, 4) is 45.3 Å². The molecule has 0 atom stereocenters. The number of para-hydroxylation sites is 1. The number of hydrogen-bond donors (Lipinski definition) is 0. The van der Waals surface area contributed by atoms with Crippen LogP contribution in [0.15, 0.2) is 162 Å². The lowest BCUT2D eigenvalue weighted by Gasteiger charge is -2.14. The molecule has 0 aliphatic heterocycles. The Morgan fingerprint density at radius 2 is 0.900 bits per heavy atom. The van der Waals surface area contributed by atoms with Crippen molar-refractivity contribution in [2.24, 2.45) is 0 Å². The summed E-state index contributed by atoms with van der Waals surface area (Å²) < 4.78 is 6.54. The summed E-state index contributed by atoms with van der Waals surface area (Å²) in [4.78, 5) is 15.4. The van der Waals surface area contributed by atoms with Gasteiger partial charge < -0.3 is 4.42 Å². The van der Waals surface area contributed by atoms with E-state index in [1.807, 2.05) is 12.1 Å². The van der Waals surface area contributed by atoms with Gasteiger partial charge in [0.1, 0.15) is 11.2 Å². The molecular formula is C46H29N3O. The Bertz CT molecular complexity index is 2860. The molecule has 2 aromatic heterocycles. The van der Waals surface area contributed by atoms with E-state index in [4.69, 9.17) is 19.4 Å². The zero-order chi connectivity index (χ0) is 33.2. The van der Waals surface area contributed by atoms with Gasteiger partial charge >= 0.3 is 0 Å². The number of fused-ring (bicyclic) bond motifs is 6. The van der Waals surface area contributed by atoms with Crippen LogP contribution in [0, 0.1) is 6.92 Å². The lowest BCUT2D eigenvalue weighted by atomic mass is 9.92. The van der Waals surface area contributed by atoms with Gasteiger partial charge in [-0.1, -0.05) is 133 Å². The van der Waals surface area contributed by atoms with E-state index in [0.29, 0.717) is 17.5 Å². The Balaban J connectivity index is 1.20. The fourth-order valence-electron chi connectivity index (χ4n) is 7.35. The van der Waals surface area contributed by atoms with E-state index in [9.17, 15) is 0 Å². The molecule has 10 rings (SSSR count). The third-order valence-electron chi connectivity index (χ3n) is 9.84. The van der Waals surface area contributed by atoms with Crippen LogP contribution < -0.4 is 0 Å². The molecule has 0 N–H and O–H groups in total. The highest BCUT2D eigenvalue weighted by Gasteiger charge is 2.19. The van der Waals surface area contributed by atoms with Gasteiger partial charge in [0.05, 0.1) is 0 Å².